The molecule has 15 heavy (non-hydrogen) atoms. The number of nitrogens with one attached hydrogen (secondary N) is 1. The number of primary amides is 1. The molecule has 0 radical (unpaired) electrons. The average Bonchev–Trinajstić information content (AvgIpc) is 2.71. The molecule has 1 aromatic rings. The van der Waals surface area contributed by atoms with Crippen molar-refractivity contribution in [2.24, 2.45) is 5.73 Å². The monoisotopic (exact) mass is 206 g/mol. The zero-order valence-electron chi connectivity index (χ0n) is 8.40. The number of carbonyl (C=O) groups is 1. The van der Waals surface area contributed by atoms with Crippen LogP contribution in [0.5, 0.6) is 5.75 Å². The van der Waals surface area contributed by atoms with Crippen LogP contribution in [-0.4, -0.2) is 25.1 Å². The molecule has 4 nitrogen and oxygen atoms in total. The van der Waals surface area contributed by atoms with Crippen molar-refractivity contribution in [2.75, 3.05) is 13.1 Å². The van der Waals surface area contributed by atoms with Gasteiger partial charge in [-0.1, -0.05) is 12.1 Å². The molecular formula is C11H14N2O2. The van der Waals surface area contributed by atoms with Gasteiger partial charge in [0.15, 0.2) is 0 Å². The fraction of sp³-hybridized carbons (Fsp3) is 0.364. The first kappa shape index (κ1) is 9.98. The Morgan fingerprint density at radius 3 is 2.93 bits per heavy atom. The van der Waals surface area contributed by atoms with Crippen molar-refractivity contribution in [2.45, 2.75) is 12.5 Å². The van der Waals surface area contributed by atoms with Crippen molar-refractivity contribution in [3.63, 3.8) is 0 Å². The van der Waals surface area contributed by atoms with Crippen LogP contribution in [0.1, 0.15) is 16.8 Å². The van der Waals surface area contributed by atoms with Gasteiger partial charge in [0.25, 0.3) is 5.91 Å². The van der Waals surface area contributed by atoms with Gasteiger partial charge >= 0.3 is 0 Å². The van der Waals surface area contributed by atoms with E-state index in [9.17, 15) is 4.79 Å². The molecule has 1 fully saturated rings. The van der Waals surface area contributed by atoms with Gasteiger partial charge in [0, 0.05) is 6.54 Å². The molecule has 0 aromatic heterocycles. The summed E-state index contributed by atoms with van der Waals surface area (Å²) in [6.07, 6.45) is 1.11. The summed E-state index contributed by atoms with van der Waals surface area (Å²) in [5.41, 5.74) is 5.70. The second kappa shape index (κ2) is 4.31. The first-order valence-corrected chi connectivity index (χ1v) is 5.03. The average molecular weight is 206 g/mol. The molecule has 0 saturated carbocycles. The molecule has 1 aliphatic heterocycles. The lowest BCUT2D eigenvalue weighted by Crippen LogP contribution is -2.21. The second-order valence-electron chi connectivity index (χ2n) is 3.59. The van der Waals surface area contributed by atoms with Crippen molar-refractivity contribution < 1.29 is 9.53 Å². The Morgan fingerprint density at radius 1 is 1.47 bits per heavy atom. The molecule has 1 atom stereocenters. The lowest BCUT2D eigenvalue weighted by molar-refractivity contribution is 0.0994. The molecule has 1 aliphatic rings. The summed E-state index contributed by atoms with van der Waals surface area (Å²) in [6.45, 7) is 1.79. The van der Waals surface area contributed by atoms with Crippen LogP contribution in [0.4, 0.5) is 0 Å². The molecule has 4 heteroatoms. The number of ether oxygens (including phenoxy) is 1. The van der Waals surface area contributed by atoms with Gasteiger partial charge < -0.3 is 15.8 Å². The number of rotatable bonds is 3. The van der Waals surface area contributed by atoms with Crippen LogP contribution in [-0.2, 0) is 0 Å². The minimum Gasteiger partial charge on any atom is -0.488 e. The molecule has 1 heterocycles. The third-order valence-electron chi connectivity index (χ3n) is 2.46. The summed E-state index contributed by atoms with van der Waals surface area (Å²) in [7, 11) is 0. The third kappa shape index (κ3) is 2.27. The Morgan fingerprint density at radius 2 is 2.27 bits per heavy atom. The summed E-state index contributed by atoms with van der Waals surface area (Å²) in [6, 6.07) is 7.07. The minimum atomic E-state index is -0.448. The van der Waals surface area contributed by atoms with Crippen molar-refractivity contribution in [3.8, 4) is 5.75 Å². The van der Waals surface area contributed by atoms with Crippen molar-refractivity contribution in [3.05, 3.63) is 29.8 Å². The normalized spacial score (nSPS) is 20.1. The number of hydrogen-bond acceptors (Lipinski definition) is 3. The first-order chi connectivity index (χ1) is 7.27. The Labute approximate surface area is 88.4 Å². The van der Waals surface area contributed by atoms with E-state index in [1.54, 1.807) is 18.2 Å². The lowest BCUT2D eigenvalue weighted by atomic mass is 10.2. The molecule has 0 spiro atoms. The van der Waals surface area contributed by atoms with Crippen LogP contribution in [0.15, 0.2) is 24.3 Å². The van der Waals surface area contributed by atoms with E-state index in [1.807, 2.05) is 6.07 Å². The van der Waals surface area contributed by atoms with Crippen molar-refractivity contribution in [1.82, 2.24) is 5.32 Å². The highest BCUT2D eigenvalue weighted by atomic mass is 16.5. The zero-order chi connectivity index (χ0) is 10.7. The van der Waals surface area contributed by atoms with Gasteiger partial charge in [-0.3, -0.25) is 4.79 Å². The van der Waals surface area contributed by atoms with Gasteiger partial charge in [0.1, 0.15) is 11.9 Å². The number of benzene rings is 1. The predicted molar refractivity (Wildman–Crippen MR) is 56.9 cm³/mol. The fourth-order valence-corrected chi connectivity index (χ4v) is 1.68. The highest BCUT2D eigenvalue weighted by Crippen LogP contribution is 2.20. The lowest BCUT2D eigenvalue weighted by Gasteiger charge is -2.14. The second-order valence-corrected chi connectivity index (χ2v) is 3.59. The quantitative estimate of drug-likeness (QED) is 0.758. The number of hydrogen-bond donors (Lipinski definition) is 2. The minimum absolute atomic E-state index is 0.144. The third-order valence-corrected chi connectivity index (χ3v) is 2.46. The molecule has 2 rings (SSSR count). The summed E-state index contributed by atoms with van der Waals surface area (Å²) in [5.74, 6) is 0.134. The number of amides is 1. The van der Waals surface area contributed by atoms with E-state index in [4.69, 9.17) is 10.5 Å². The highest BCUT2D eigenvalue weighted by Gasteiger charge is 2.18. The van der Waals surface area contributed by atoms with Gasteiger partial charge in [-0.2, -0.15) is 0 Å². The fourth-order valence-electron chi connectivity index (χ4n) is 1.68. The van der Waals surface area contributed by atoms with Crippen molar-refractivity contribution >= 4 is 5.91 Å². The van der Waals surface area contributed by atoms with E-state index in [0.29, 0.717) is 11.3 Å². The van der Waals surface area contributed by atoms with Crippen LogP contribution in [0.3, 0.4) is 0 Å². The Kier molecular flexibility index (Phi) is 2.87. The molecule has 1 saturated heterocycles. The number of nitrogens with two attached hydrogens (primary N) is 1. The van der Waals surface area contributed by atoms with Gasteiger partial charge in [-0.15, -0.1) is 0 Å². The summed E-state index contributed by atoms with van der Waals surface area (Å²) in [4.78, 5) is 11.1. The summed E-state index contributed by atoms with van der Waals surface area (Å²) in [5, 5.41) is 3.20. The van der Waals surface area contributed by atoms with E-state index >= 15 is 0 Å². The topological polar surface area (TPSA) is 64.4 Å². The molecule has 0 unspecified atom stereocenters. The van der Waals surface area contributed by atoms with Crippen LogP contribution in [0.25, 0.3) is 0 Å². The molecule has 1 aromatic carbocycles. The van der Waals surface area contributed by atoms with Gasteiger partial charge in [0.05, 0.1) is 5.56 Å². The number of carbonyl (C=O) groups excluding carboxylic acids is 1. The molecule has 3 N–H and O–H groups in total. The number of para-hydroxylation sites is 1. The van der Waals surface area contributed by atoms with Crippen LogP contribution in [0.2, 0.25) is 0 Å². The summed E-state index contributed by atoms with van der Waals surface area (Å²) >= 11 is 0. The maximum Gasteiger partial charge on any atom is 0.252 e. The standard InChI is InChI=1S/C11H14N2O2/c12-11(14)9-3-1-2-4-10(9)15-8-5-6-13-7-8/h1-4,8,13H,5-7H2,(H2,12,14)/t8-/m0/s1. The molecule has 0 aliphatic carbocycles. The predicted octanol–water partition coefficient (Wildman–Crippen LogP) is 0.526. The molecule has 80 valence electrons. The Hall–Kier alpha value is -1.55. The molecule has 0 bridgehead atoms. The van der Waals surface area contributed by atoms with Gasteiger partial charge in [-0.05, 0) is 25.1 Å². The smallest absolute Gasteiger partial charge is 0.252 e. The highest BCUT2D eigenvalue weighted by molar-refractivity contribution is 5.95. The van der Waals surface area contributed by atoms with Crippen molar-refractivity contribution in [1.29, 1.82) is 0 Å². The first-order valence-electron chi connectivity index (χ1n) is 5.03. The van der Waals surface area contributed by atoms with Gasteiger partial charge in [0.2, 0.25) is 0 Å². The van der Waals surface area contributed by atoms with E-state index in [1.165, 1.54) is 0 Å². The van der Waals surface area contributed by atoms with E-state index in [0.717, 1.165) is 19.5 Å². The summed E-state index contributed by atoms with van der Waals surface area (Å²) < 4.78 is 5.70. The van der Waals surface area contributed by atoms with Gasteiger partial charge in [-0.25, -0.2) is 0 Å². The van der Waals surface area contributed by atoms with Crippen LogP contribution in [0, 0.1) is 0 Å². The SMILES string of the molecule is NC(=O)c1ccccc1O[C@H]1CCNC1. The largest absolute Gasteiger partial charge is 0.488 e. The zero-order valence-corrected chi connectivity index (χ0v) is 8.40. The van der Waals surface area contributed by atoms with E-state index in [2.05, 4.69) is 5.32 Å². The Bertz CT molecular complexity index is 359. The Balaban J connectivity index is 2.15. The maximum absolute atomic E-state index is 11.1. The van der Waals surface area contributed by atoms with E-state index < -0.39 is 5.91 Å². The molecule has 1 amide bonds. The molecular weight excluding hydrogens is 192 g/mol. The van der Waals surface area contributed by atoms with Crippen LogP contribution < -0.4 is 15.8 Å². The van der Waals surface area contributed by atoms with E-state index in [-0.39, 0.29) is 6.10 Å². The maximum atomic E-state index is 11.1. The van der Waals surface area contributed by atoms with Crippen LogP contribution >= 0.6 is 0 Å².